The number of methoxy groups -OCH3 is 1. The van der Waals surface area contributed by atoms with Crippen LogP contribution in [0.5, 0.6) is 11.5 Å². The van der Waals surface area contributed by atoms with Crippen LogP contribution in [-0.4, -0.2) is 18.1 Å². The number of carbonyl (C=O) groups is 1. The molecule has 2 aromatic carbocycles. The summed E-state index contributed by atoms with van der Waals surface area (Å²) >= 11 is 9.29. The van der Waals surface area contributed by atoms with Gasteiger partial charge >= 0.3 is 0 Å². The molecule has 0 unspecified atom stereocenters. The highest BCUT2D eigenvalue weighted by molar-refractivity contribution is 9.10. The first kappa shape index (κ1) is 17.9. The molecule has 2 rings (SSSR count). The summed E-state index contributed by atoms with van der Waals surface area (Å²) in [6, 6.07) is 11.5. The molecule has 2 N–H and O–H groups in total. The van der Waals surface area contributed by atoms with E-state index in [1.807, 2.05) is 6.07 Å². The van der Waals surface area contributed by atoms with Crippen LogP contribution in [0, 0.1) is 11.3 Å². The van der Waals surface area contributed by atoms with E-state index in [-0.39, 0.29) is 17.1 Å². The maximum absolute atomic E-state index is 12.3. The van der Waals surface area contributed by atoms with Crippen LogP contribution in [0.2, 0.25) is 5.02 Å². The predicted octanol–water partition coefficient (Wildman–Crippen LogP) is 4.36. The summed E-state index contributed by atoms with van der Waals surface area (Å²) in [5.74, 6) is -0.429. The smallest absolute Gasteiger partial charge is 0.266 e. The van der Waals surface area contributed by atoms with Gasteiger partial charge < -0.3 is 15.2 Å². The van der Waals surface area contributed by atoms with Crippen molar-refractivity contribution in [1.29, 1.82) is 5.26 Å². The van der Waals surface area contributed by atoms with E-state index in [1.54, 1.807) is 30.3 Å². The third kappa shape index (κ3) is 4.07. The number of benzene rings is 2. The molecule has 1 amide bonds. The van der Waals surface area contributed by atoms with Gasteiger partial charge in [-0.15, -0.1) is 0 Å². The Morgan fingerprint density at radius 1 is 1.42 bits per heavy atom. The summed E-state index contributed by atoms with van der Waals surface area (Å²) in [6.45, 7) is 0. The van der Waals surface area contributed by atoms with E-state index in [2.05, 4.69) is 21.2 Å². The van der Waals surface area contributed by atoms with Crippen molar-refractivity contribution in [3.63, 3.8) is 0 Å². The van der Waals surface area contributed by atoms with Crippen molar-refractivity contribution in [1.82, 2.24) is 0 Å². The maximum atomic E-state index is 12.3. The van der Waals surface area contributed by atoms with Crippen LogP contribution in [0.1, 0.15) is 5.56 Å². The Hall–Kier alpha value is -2.49. The standard InChI is InChI=1S/C17H12BrClN2O3/c1-24-16-8-12(18)10(7-15(16)22)6-11(9-20)17(23)21-14-5-3-2-4-13(14)19/h2-8,22H,1H3,(H,21,23). The van der Waals surface area contributed by atoms with Gasteiger partial charge in [-0.3, -0.25) is 4.79 Å². The second-order valence-corrected chi connectivity index (χ2v) is 5.91. The molecule has 2 aromatic rings. The van der Waals surface area contributed by atoms with Gasteiger partial charge in [-0.2, -0.15) is 5.26 Å². The first-order valence-electron chi connectivity index (χ1n) is 6.70. The van der Waals surface area contributed by atoms with E-state index in [0.29, 0.717) is 20.7 Å². The molecule has 7 heteroatoms. The van der Waals surface area contributed by atoms with Crippen molar-refractivity contribution in [3.05, 3.63) is 57.0 Å². The molecule has 0 bridgehead atoms. The number of phenols is 1. The number of nitriles is 1. The fraction of sp³-hybridized carbons (Fsp3) is 0.0588. The zero-order chi connectivity index (χ0) is 17.7. The number of amides is 1. The molecule has 0 aliphatic carbocycles. The number of halogens is 2. The number of hydrogen-bond donors (Lipinski definition) is 2. The molecule has 0 aliphatic rings. The molecule has 0 atom stereocenters. The average molecular weight is 408 g/mol. The summed E-state index contributed by atoms with van der Waals surface area (Å²) in [5.41, 5.74) is 0.723. The number of para-hydroxylation sites is 1. The first-order valence-corrected chi connectivity index (χ1v) is 7.87. The number of ether oxygens (including phenoxy) is 1. The fourth-order valence-electron chi connectivity index (χ4n) is 1.89. The zero-order valence-corrected chi connectivity index (χ0v) is 14.9. The molecule has 0 spiro atoms. The lowest BCUT2D eigenvalue weighted by atomic mass is 10.1. The van der Waals surface area contributed by atoms with Gasteiger partial charge in [0.2, 0.25) is 0 Å². The van der Waals surface area contributed by atoms with Gasteiger partial charge in [0.1, 0.15) is 11.6 Å². The van der Waals surface area contributed by atoms with Crippen molar-refractivity contribution in [2.75, 3.05) is 12.4 Å². The lowest BCUT2D eigenvalue weighted by molar-refractivity contribution is -0.112. The number of hydrogen-bond acceptors (Lipinski definition) is 4. The van der Waals surface area contributed by atoms with E-state index in [0.717, 1.165) is 0 Å². The third-order valence-electron chi connectivity index (χ3n) is 3.09. The minimum absolute atomic E-state index is 0.101. The van der Waals surface area contributed by atoms with Gasteiger partial charge in [-0.05, 0) is 35.9 Å². The van der Waals surface area contributed by atoms with Crippen LogP contribution in [0.3, 0.4) is 0 Å². The van der Waals surface area contributed by atoms with E-state index in [1.165, 1.54) is 19.3 Å². The van der Waals surface area contributed by atoms with Crippen molar-refractivity contribution in [3.8, 4) is 17.6 Å². The Morgan fingerprint density at radius 3 is 2.75 bits per heavy atom. The van der Waals surface area contributed by atoms with E-state index < -0.39 is 5.91 Å². The largest absolute Gasteiger partial charge is 0.504 e. The molecule has 24 heavy (non-hydrogen) atoms. The average Bonchev–Trinajstić information content (AvgIpc) is 2.57. The minimum atomic E-state index is -0.604. The fourth-order valence-corrected chi connectivity index (χ4v) is 2.51. The zero-order valence-electron chi connectivity index (χ0n) is 12.5. The molecule has 122 valence electrons. The topological polar surface area (TPSA) is 82.3 Å². The summed E-state index contributed by atoms with van der Waals surface area (Å²) in [6.07, 6.45) is 1.36. The number of carbonyl (C=O) groups excluding carboxylic acids is 1. The molecule has 0 saturated carbocycles. The molecule has 0 aromatic heterocycles. The highest BCUT2D eigenvalue weighted by atomic mass is 79.9. The highest BCUT2D eigenvalue weighted by Gasteiger charge is 2.13. The van der Waals surface area contributed by atoms with Crippen molar-refractivity contribution < 1.29 is 14.6 Å². The Morgan fingerprint density at radius 2 is 2.12 bits per heavy atom. The van der Waals surface area contributed by atoms with Gasteiger partial charge in [-0.25, -0.2) is 0 Å². The normalized spacial score (nSPS) is 10.8. The second-order valence-electron chi connectivity index (χ2n) is 4.65. The number of anilines is 1. The molecular formula is C17H12BrClN2O3. The van der Waals surface area contributed by atoms with Crippen LogP contribution in [-0.2, 0) is 4.79 Å². The van der Waals surface area contributed by atoms with Crippen LogP contribution < -0.4 is 10.1 Å². The van der Waals surface area contributed by atoms with Gasteiger partial charge in [0.25, 0.3) is 5.91 Å². The minimum Gasteiger partial charge on any atom is -0.504 e. The number of nitrogens with zero attached hydrogens (tertiary/aromatic N) is 1. The molecule has 0 heterocycles. The van der Waals surface area contributed by atoms with Gasteiger partial charge in [0.15, 0.2) is 11.5 Å². The quantitative estimate of drug-likeness (QED) is 0.583. The van der Waals surface area contributed by atoms with Gasteiger partial charge in [0, 0.05) is 4.47 Å². The Labute approximate surface area is 152 Å². The lowest BCUT2D eigenvalue weighted by Crippen LogP contribution is -2.13. The number of aromatic hydroxyl groups is 1. The van der Waals surface area contributed by atoms with E-state index >= 15 is 0 Å². The summed E-state index contributed by atoms with van der Waals surface area (Å²) < 4.78 is 5.56. The van der Waals surface area contributed by atoms with Crippen LogP contribution in [0.4, 0.5) is 5.69 Å². The molecule has 0 aliphatic heterocycles. The Bertz CT molecular complexity index is 859. The number of phenolic OH excluding ortho intramolecular Hbond substituents is 1. The van der Waals surface area contributed by atoms with Crippen molar-refractivity contribution >= 4 is 45.2 Å². The van der Waals surface area contributed by atoms with Crippen LogP contribution in [0.15, 0.2) is 46.4 Å². The summed E-state index contributed by atoms with van der Waals surface area (Å²) in [4.78, 5) is 12.3. The molecule has 0 saturated heterocycles. The Balaban J connectivity index is 2.33. The molecule has 0 radical (unpaired) electrons. The first-order chi connectivity index (χ1) is 11.5. The maximum Gasteiger partial charge on any atom is 0.266 e. The Kier molecular flexibility index (Phi) is 5.85. The summed E-state index contributed by atoms with van der Waals surface area (Å²) in [7, 11) is 1.43. The monoisotopic (exact) mass is 406 g/mol. The van der Waals surface area contributed by atoms with Gasteiger partial charge in [-0.1, -0.05) is 39.7 Å². The highest BCUT2D eigenvalue weighted by Crippen LogP contribution is 2.33. The number of nitrogens with one attached hydrogen (secondary N) is 1. The molecule has 0 fully saturated rings. The van der Waals surface area contributed by atoms with Crippen molar-refractivity contribution in [2.24, 2.45) is 0 Å². The molecular weight excluding hydrogens is 396 g/mol. The summed E-state index contributed by atoms with van der Waals surface area (Å²) in [5, 5.41) is 22.0. The SMILES string of the molecule is COc1cc(Br)c(C=C(C#N)C(=O)Nc2ccccc2Cl)cc1O. The predicted molar refractivity (Wildman–Crippen MR) is 96.0 cm³/mol. The van der Waals surface area contributed by atoms with Crippen molar-refractivity contribution in [2.45, 2.75) is 0 Å². The molecule has 5 nitrogen and oxygen atoms in total. The number of rotatable bonds is 4. The van der Waals surface area contributed by atoms with Crippen LogP contribution in [0.25, 0.3) is 6.08 Å². The van der Waals surface area contributed by atoms with E-state index in [4.69, 9.17) is 16.3 Å². The second kappa shape index (κ2) is 7.86. The van der Waals surface area contributed by atoms with E-state index in [9.17, 15) is 15.2 Å². The lowest BCUT2D eigenvalue weighted by Gasteiger charge is -2.08. The third-order valence-corrected chi connectivity index (χ3v) is 4.10. The van der Waals surface area contributed by atoms with Crippen LogP contribution >= 0.6 is 27.5 Å². The van der Waals surface area contributed by atoms with Gasteiger partial charge in [0.05, 0.1) is 17.8 Å².